The van der Waals surface area contributed by atoms with Crippen molar-refractivity contribution in [2.75, 3.05) is 20.7 Å². The van der Waals surface area contributed by atoms with Crippen LogP contribution in [0.3, 0.4) is 0 Å². The van der Waals surface area contributed by atoms with Gasteiger partial charge in [0.25, 0.3) is 0 Å². The van der Waals surface area contributed by atoms with Crippen molar-refractivity contribution in [3.8, 4) is 5.75 Å². The van der Waals surface area contributed by atoms with Gasteiger partial charge in [-0.25, -0.2) is 4.39 Å². The number of amidine groups is 1. The molecule has 3 N–H and O–H groups in total. The lowest BCUT2D eigenvalue weighted by Crippen LogP contribution is -2.43. The number of halogens is 2. The molecule has 0 amide bonds. The summed E-state index contributed by atoms with van der Waals surface area (Å²) >= 11 is 3.09. The zero-order valence-electron chi connectivity index (χ0n) is 11.6. The molecule has 0 aliphatic heterocycles. The van der Waals surface area contributed by atoms with Crippen LogP contribution in [-0.2, 0) is 0 Å². The summed E-state index contributed by atoms with van der Waals surface area (Å²) in [7, 11) is 3.88. The van der Waals surface area contributed by atoms with Gasteiger partial charge in [-0.3, -0.25) is 5.41 Å². The molecule has 19 heavy (non-hydrogen) atoms. The monoisotopic (exact) mass is 331 g/mol. The van der Waals surface area contributed by atoms with Crippen molar-refractivity contribution in [1.29, 1.82) is 5.41 Å². The summed E-state index contributed by atoms with van der Waals surface area (Å²) in [5.41, 5.74) is 5.46. The van der Waals surface area contributed by atoms with E-state index in [4.69, 9.17) is 15.9 Å². The van der Waals surface area contributed by atoms with Gasteiger partial charge in [-0.1, -0.05) is 0 Å². The molecule has 0 aliphatic rings. The maximum Gasteiger partial charge on any atom is 0.179 e. The number of benzene rings is 1. The molecule has 0 heterocycles. The van der Waals surface area contributed by atoms with Crippen molar-refractivity contribution < 1.29 is 9.13 Å². The van der Waals surface area contributed by atoms with Gasteiger partial charge in [-0.2, -0.15) is 0 Å². The molecule has 1 aromatic rings. The predicted octanol–water partition coefficient (Wildman–Crippen LogP) is 2.59. The lowest BCUT2D eigenvalue weighted by Gasteiger charge is -2.32. The second-order valence-corrected chi connectivity index (χ2v) is 5.94. The minimum absolute atomic E-state index is 0.145. The number of ether oxygens (including phenoxy) is 1. The number of hydrogen-bond acceptors (Lipinski definition) is 3. The van der Waals surface area contributed by atoms with Gasteiger partial charge in [-0.05, 0) is 56.0 Å². The van der Waals surface area contributed by atoms with Crippen molar-refractivity contribution in [3.05, 3.63) is 28.0 Å². The van der Waals surface area contributed by atoms with Crippen LogP contribution in [0, 0.1) is 11.2 Å². The van der Waals surface area contributed by atoms with E-state index in [2.05, 4.69) is 15.9 Å². The number of nitrogen functional groups attached to an aromatic ring is 1. The topological polar surface area (TPSA) is 62.3 Å². The van der Waals surface area contributed by atoms with Gasteiger partial charge in [0.05, 0.1) is 4.47 Å². The first-order valence-electron chi connectivity index (χ1n) is 5.79. The zero-order valence-corrected chi connectivity index (χ0v) is 13.1. The van der Waals surface area contributed by atoms with Gasteiger partial charge in [0.15, 0.2) is 11.6 Å². The van der Waals surface area contributed by atoms with Gasteiger partial charge in [0, 0.05) is 11.1 Å². The maximum absolute atomic E-state index is 14.1. The second-order valence-electron chi connectivity index (χ2n) is 5.15. The Hall–Kier alpha value is -1.14. The Bertz CT molecular complexity index is 489. The molecule has 0 radical (unpaired) electrons. The zero-order chi connectivity index (χ0) is 14.8. The minimum Gasteiger partial charge on any atom is -0.489 e. The highest BCUT2D eigenvalue weighted by molar-refractivity contribution is 9.10. The number of rotatable bonds is 5. The summed E-state index contributed by atoms with van der Waals surface area (Å²) in [6.07, 6.45) is 0. The van der Waals surface area contributed by atoms with Crippen molar-refractivity contribution >= 4 is 21.8 Å². The average molecular weight is 332 g/mol. The van der Waals surface area contributed by atoms with Gasteiger partial charge in [0.1, 0.15) is 12.4 Å². The summed E-state index contributed by atoms with van der Waals surface area (Å²) in [5.74, 6) is -0.583. The molecule has 106 valence electrons. The molecule has 1 aromatic carbocycles. The van der Waals surface area contributed by atoms with E-state index in [1.165, 1.54) is 6.07 Å². The van der Waals surface area contributed by atoms with E-state index in [1.807, 2.05) is 32.8 Å². The van der Waals surface area contributed by atoms with Gasteiger partial charge < -0.3 is 15.4 Å². The van der Waals surface area contributed by atoms with Crippen LogP contribution in [0.1, 0.15) is 19.4 Å². The van der Waals surface area contributed by atoms with Gasteiger partial charge in [-0.15, -0.1) is 0 Å². The average Bonchev–Trinajstić information content (AvgIpc) is 2.30. The van der Waals surface area contributed by atoms with Crippen LogP contribution in [0.5, 0.6) is 5.75 Å². The lowest BCUT2D eigenvalue weighted by atomic mass is 10.1. The number of nitrogens with two attached hydrogens (primary N) is 1. The van der Waals surface area contributed by atoms with E-state index in [1.54, 1.807) is 6.07 Å². The molecular formula is C13H19BrFN3O. The van der Waals surface area contributed by atoms with Crippen LogP contribution in [0.4, 0.5) is 4.39 Å². The first kappa shape index (κ1) is 15.9. The third-order valence-electron chi connectivity index (χ3n) is 3.13. The highest BCUT2D eigenvalue weighted by Gasteiger charge is 2.23. The normalized spacial score (nSPS) is 11.7. The number of nitrogens with zero attached hydrogens (tertiary/aromatic N) is 1. The Balaban J connectivity index is 2.93. The molecule has 0 saturated carbocycles. The van der Waals surface area contributed by atoms with E-state index >= 15 is 0 Å². The molecular weight excluding hydrogens is 313 g/mol. The van der Waals surface area contributed by atoms with Crippen LogP contribution in [0.15, 0.2) is 16.6 Å². The minimum atomic E-state index is -0.540. The smallest absolute Gasteiger partial charge is 0.179 e. The van der Waals surface area contributed by atoms with Crippen LogP contribution in [-0.4, -0.2) is 37.0 Å². The predicted molar refractivity (Wildman–Crippen MR) is 78.4 cm³/mol. The third-order valence-corrected chi connectivity index (χ3v) is 3.90. The molecule has 0 spiro atoms. The molecule has 0 unspecified atom stereocenters. The second kappa shape index (κ2) is 5.88. The van der Waals surface area contributed by atoms with Crippen LogP contribution in [0.25, 0.3) is 0 Å². The fourth-order valence-electron chi connectivity index (χ4n) is 1.23. The van der Waals surface area contributed by atoms with E-state index in [9.17, 15) is 4.39 Å². The molecule has 0 aromatic heterocycles. The molecule has 0 bridgehead atoms. The molecule has 0 atom stereocenters. The standard InChI is InChI=1S/C13H19BrFN3O/c1-13(2,18(3)4)7-19-9-6-5-8(12(16)17)10(14)11(9)15/h5-6H,7H2,1-4H3,(H3,16,17). The fourth-order valence-corrected chi connectivity index (χ4v) is 1.78. The molecule has 4 nitrogen and oxygen atoms in total. The van der Waals surface area contributed by atoms with Crippen LogP contribution < -0.4 is 10.5 Å². The summed E-state index contributed by atoms with van der Waals surface area (Å²) in [6, 6.07) is 3.05. The van der Waals surface area contributed by atoms with E-state index in [0.29, 0.717) is 12.2 Å². The van der Waals surface area contributed by atoms with Gasteiger partial charge >= 0.3 is 0 Å². The molecule has 0 aliphatic carbocycles. The Morgan fingerprint density at radius 3 is 2.53 bits per heavy atom. The molecule has 0 saturated heterocycles. The van der Waals surface area contributed by atoms with Crippen molar-refractivity contribution in [2.45, 2.75) is 19.4 Å². The Kier molecular flexibility index (Phi) is 4.92. The first-order chi connectivity index (χ1) is 8.66. The number of likely N-dealkylation sites (N-methyl/N-ethyl adjacent to an activating group) is 1. The van der Waals surface area contributed by atoms with Crippen LogP contribution >= 0.6 is 15.9 Å². The SMILES string of the molecule is CN(C)C(C)(C)COc1ccc(C(=N)N)c(Br)c1F. The highest BCUT2D eigenvalue weighted by atomic mass is 79.9. The highest BCUT2D eigenvalue weighted by Crippen LogP contribution is 2.29. The first-order valence-corrected chi connectivity index (χ1v) is 6.58. The molecule has 1 rings (SSSR count). The summed E-state index contributed by atoms with van der Waals surface area (Å²) in [6.45, 7) is 4.36. The summed E-state index contributed by atoms with van der Waals surface area (Å²) in [5, 5.41) is 7.33. The van der Waals surface area contributed by atoms with E-state index in [-0.39, 0.29) is 21.6 Å². The Morgan fingerprint density at radius 1 is 1.47 bits per heavy atom. The van der Waals surface area contributed by atoms with Gasteiger partial charge in [0.2, 0.25) is 0 Å². The molecule has 6 heteroatoms. The van der Waals surface area contributed by atoms with E-state index in [0.717, 1.165) is 0 Å². The fraction of sp³-hybridized carbons (Fsp3) is 0.462. The van der Waals surface area contributed by atoms with Crippen LogP contribution in [0.2, 0.25) is 0 Å². The lowest BCUT2D eigenvalue weighted by molar-refractivity contribution is 0.111. The Morgan fingerprint density at radius 2 is 2.05 bits per heavy atom. The van der Waals surface area contributed by atoms with E-state index < -0.39 is 5.82 Å². The summed E-state index contributed by atoms with van der Waals surface area (Å²) in [4.78, 5) is 2.00. The van der Waals surface area contributed by atoms with Crippen molar-refractivity contribution in [3.63, 3.8) is 0 Å². The third kappa shape index (κ3) is 3.67. The molecule has 0 fully saturated rings. The largest absolute Gasteiger partial charge is 0.489 e. The number of nitrogens with one attached hydrogen (secondary N) is 1. The van der Waals surface area contributed by atoms with Crippen molar-refractivity contribution in [1.82, 2.24) is 4.90 Å². The maximum atomic E-state index is 14.1. The van der Waals surface area contributed by atoms with Crippen molar-refractivity contribution in [2.24, 2.45) is 5.73 Å². The number of hydrogen-bond donors (Lipinski definition) is 2. The summed E-state index contributed by atoms with van der Waals surface area (Å²) < 4.78 is 19.7. The Labute approximate surface area is 121 Å². The quantitative estimate of drug-likeness (QED) is 0.644.